The number of amides is 3. The maximum Gasteiger partial charge on any atom is 0.272 e. The normalized spacial score (nSPS) is 19.8. The number of pyridine rings is 1. The molecule has 3 amide bonds. The number of likely N-dealkylation sites (N-methyl/N-ethyl adjacent to an activating group) is 1. The Morgan fingerprint density at radius 1 is 1.05 bits per heavy atom. The number of fused-ring (bicyclic) bond motifs is 5. The van der Waals surface area contributed by atoms with Crippen LogP contribution in [-0.4, -0.2) is 77.9 Å². The average Bonchev–Trinajstić information content (AvgIpc) is 2.99. The van der Waals surface area contributed by atoms with E-state index in [0.29, 0.717) is 55.6 Å². The number of hydrogen-bond donors (Lipinski definition) is 1. The van der Waals surface area contributed by atoms with E-state index in [4.69, 9.17) is 14.2 Å². The summed E-state index contributed by atoms with van der Waals surface area (Å²) < 4.78 is 17.6. The molecule has 0 unspecified atom stereocenters. The van der Waals surface area contributed by atoms with E-state index in [1.807, 2.05) is 61.5 Å². The van der Waals surface area contributed by atoms with E-state index < -0.39 is 6.04 Å². The van der Waals surface area contributed by atoms with Gasteiger partial charge in [0.15, 0.2) is 0 Å². The first-order valence-electron chi connectivity index (χ1n) is 14.2. The highest BCUT2D eigenvalue weighted by Crippen LogP contribution is 2.25. The lowest BCUT2D eigenvalue weighted by molar-refractivity contribution is -0.136. The zero-order valence-corrected chi connectivity index (χ0v) is 24.0. The Balaban J connectivity index is 1.38. The molecule has 4 bridgehead atoms. The highest BCUT2D eigenvalue weighted by atomic mass is 16.5. The number of ether oxygens (including phenoxy) is 3. The van der Waals surface area contributed by atoms with Crippen LogP contribution in [-0.2, 0) is 38.7 Å². The Morgan fingerprint density at radius 3 is 2.55 bits per heavy atom. The second kappa shape index (κ2) is 13.6. The van der Waals surface area contributed by atoms with E-state index in [1.54, 1.807) is 24.1 Å². The van der Waals surface area contributed by atoms with Crippen LogP contribution >= 0.6 is 0 Å². The summed E-state index contributed by atoms with van der Waals surface area (Å²) >= 11 is 0. The summed E-state index contributed by atoms with van der Waals surface area (Å²) in [5.41, 5.74) is 2.70. The Bertz CT molecular complexity index is 1430. The van der Waals surface area contributed by atoms with Gasteiger partial charge in [-0.3, -0.25) is 14.4 Å². The third-order valence-corrected chi connectivity index (χ3v) is 7.42. The second-order valence-corrected chi connectivity index (χ2v) is 10.5. The first kappa shape index (κ1) is 29.2. The number of carbonyl (C=O) groups excluding carboxylic acids is 3. The van der Waals surface area contributed by atoms with Crippen LogP contribution < -0.4 is 10.1 Å². The van der Waals surface area contributed by atoms with Crippen molar-refractivity contribution in [2.24, 2.45) is 0 Å². The molecule has 42 heavy (non-hydrogen) atoms. The maximum atomic E-state index is 13.4. The van der Waals surface area contributed by atoms with Gasteiger partial charge in [0.05, 0.1) is 44.0 Å². The lowest BCUT2D eigenvalue weighted by atomic mass is 10.0. The first-order chi connectivity index (χ1) is 20.4. The van der Waals surface area contributed by atoms with Crippen LogP contribution in [0.1, 0.15) is 40.7 Å². The van der Waals surface area contributed by atoms with Crippen molar-refractivity contribution < 1.29 is 28.6 Å². The number of rotatable bonds is 4. The molecule has 3 heterocycles. The van der Waals surface area contributed by atoms with Crippen LogP contribution in [0.4, 0.5) is 0 Å². The molecule has 0 spiro atoms. The zero-order valence-electron chi connectivity index (χ0n) is 24.0. The van der Waals surface area contributed by atoms with Crippen LogP contribution in [0.5, 0.6) is 11.5 Å². The van der Waals surface area contributed by atoms with Crippen molar-refractivity contribution in [2.75, 3.05) is 33.3 Å². The third kappa shape index (κ3) is 7.32. The van der Waals surface area contributed by atoms with Crippen LogP contribution in [0.15, 0.2) is 66.7 Å². The minimum Gasteiger partial charge on any atom is -0.457 e. The number of benzene rings is 2. The fourth-order valence-electron chi connectivity index (χ4n) is 5.29. The maximum absolute atomic E-state index is 13.4. The van der Waals surface area contributed by atoms with Crippen LogP contribution in [0.2, 0.25) is 0 Å². The van der Waals surface area contributed by atoms with Gasteiger partial charge in [-0.15, -0.1) is 0 Å². The van der Waals surface area contributed by atoms with Crippen LogP contribution in [0, 0.1) is 0 Å². The molecule has 10 heteroatoms. The zero-order chi connectivity index (χ0) is 29.5. The largest absolute Gasteiger partial charge is 0.457 e. The summed E-state index contributed by atoms with van der Waals surface area (Å²) in [7, 11) is 1.58. The summed E-state index contributed by atoms with van der Waals surface area (Å²) in [6.45, 7) is 3.45. The molecule has 10 nitrogen and oxygen atoms in total. The molecule has 0 radical (unpaired) electrons. The van der Waals surface area contributed by atoms with E-state index in [1.165, 1.54) is 4.90 Å². The van der Waals surface area contributed by atoms with Crippen molar-refractivity contribution in [3.05, 3.63) is 89.2 Å². The molecule has 3 aromatic rings. The SMILES string of the molecule is CCN1CC(=O)N[C@H]2CN(C(=O)c3cccc(COC)n3)CC[C@@H]2OCc2cccc(c2)Oc2cccc(c2)CC1=O. The number of hydrogen-bond acceptors (Lipinski definition) is 7. The highest BCUT2D eigenvalue weighted by molar-refractivity contribution is 5.92. The van der Waals surface area contributed by atoms with Gasteiger partial charge in [-0.05, 0) is 60.9 Å². The molecule has 220 valence electrons. The van der Waals surface area contributed by atoms with Gasteiger partial charge in [-0.1, -0.05) is 30.3 Å². The van der Waals surface area contributed by atoms with Crippen molar-refractivity contribution in [1.29, 1.82) is 0 Å². The minimum atomic E-state index is -0.476. The predicted molar refractivity (Wildman–Crippen MR) is 155 cm³/mol. The van der Waals surface area contributed by atoms with Crippen molar-refractivity contribution in [1.82, 2.24) is 20.1 Å². The molecule has 1 N–H and O–H groups in total. The molecular formula is C32H36N4O6. The van der Waals surface area contributed by atoms with Crippen molar-refractivity contribution in [3.8, 4) is 11.5 Å². The van der Waals surface area contributed by atoms with E-state index >= 15 is 0 Å². The van der Waals surface area contributed by atoms with E-state index in [2.05, 4.69) is 10.3 Å². The number of piperidine rings is 1. The average molecular weight is 573 g/mol. The van der Waals surface area contributed by atoms with Gasteiger partial charge < -0.3 is 29.3 Å². The van der Waals surface area contributed by atoms with Gasteiger partial charge >= 0.3 is 0 Å². The fourth-order valence-corrected chi connectivity index (χ4v) is 5.29. The molecule has 1 aromatic heterocycles. The van der Waals surface area contributed by atoms with E-state index in [-0.39, 0.29) is 43.3 Å². The van der Waals surface area contributed by atoms with E-state index in [0.717, 1.165) is 11.1 Å². The van der Waals surface area contributed by atoms with Gasteiger partial charge in [0.25, 0.3) is 5.91 Å². The summed E-state index contributed by atoms with van der Waals surface area (Å²) in [4.78, 5) is 47.5. The van der Waals surface area contributed by atoms with Gasteiger partial charge in [0.1, 0.15) is 17.2 Å². The molecule has 2 aliphatic rings. The number of methoxy groups -OCH3 is 1. The first-order valence-corrected chi connectivity index (χ1v) is 14.2. The summed E-state index contributed by atoms with van der Waals surface area (Å²) in [5, 5.41) is 3.06. The van der Waals surface area contributed by atoms with Gasteiger partial charge in [0.2, 0.25) is 11.8 Å². The summed E-state index contributed by atoms with van der Waals surface area (Å²) in [5.74, 6) is 0.601. The number of carbonyl (C=O) groups is 3. The number of nitrogens with zero attached hydrogens (tertiary/aromatic N) is 3. The number of aromatic nitrogens is 1. The molecular weight excluding hydrogens is 536 g/mol. The Kier molecular flexibility index (Phi) is 9.45. The molecule has 1 saturated heterocycles. The Hall–Kier alpha value is -4.28. The van der Waals surface area contributed by atoms with Crippen LogP contribution in [0.3, 0.4) is 0 Å². The number of nitrogens with one attached hydrogen (secondary N) is 1. The van der Waals surface area contributed by atoms with Gasteiger partial charge in [-0.25, -0.2) is 4.98 Å². The monoisotopic (exact) mass is 572 g/mol. The van der Waals surface area contributed by atoms with Crippen molar-refractivity contribution in [2.45, 2.75) is 45.1 Å². The summed E-state index contributed by atoms with van der Waals surface area (Å²) in [6, 6.07) is 19.9. The molecule has 2 atom stereocenters. The Morgan fingerprint density at radius 2 is 1.79 bits per heavy atom. The summed E-state index contributed by atoms with van der Waals surface area (Å²) in [6.07, 6.45) is 0.324. The minimum absolute atomic E-state index is 0.0932. The van der Waals surface area contributed by atoms with Crippen molar-refractivity contribution in [3.63, 3.8) is 0 Å². The smallest absolute Gasteiger partial charge is 0.272 e. The second-order valence-electron chi connectivity index (χ2n) is 10.5. The molecule has 0 aliphatic carbocycles. The standard InChI is InChI=1S/C32H36N4O6/c1-3-35-19-30(37)34-28-18-36(32(39)27-12-6-9-24(33-27)21-40-2)14-13-29(28)41-20-23-8-5-11-26(16-23)42-25-10-4-7-22(15-25)17-31(35)38/h4-12,15-16,28-29H,3,13-14,17-21H2,1-2H3,(H,34,37)/t28-,29-/m0/s1. The Labute approximate surface area is 245 Å². The fraction of sp³-hybridized carbons (Fsp3) is 0.375. The van der Waals surface area contributed by atoms with Crippen molar-refractivity contribution >= 4 is 17.7 Å². The lowest BCUT2D eigenvalue weighted by Gasteiger charge is -2.39. The quantitative estimate of drug-likeness (QED) is 0.511. The predicted octanol–water partition coefficient (Wildman–Crippen LogP) is 3.34. The lowest BCUT2D eigenvalue weighted by Crippen LogP contribution is -2.58. The molecule has 5 rings (SSSR count). The molecule has 1 fully saturated rings. The van der Waals surface area contributed by atoms with Gasteiger partial charge in [0, 0.05) is 26.7 Å². The topological polar surface area (TPSA) is 110 Å². The highest BCUT2D eigenvalue weighted by Gasteiger charge is 2.34. The third-order valence-electron chi connectivity index (χ3n) is 7.42. The van der Waals surface area contributed by atoms with Gasteiger partial charge in [-0.2, -0.15) is 0 Å². The molecule has 0 saturated carbocycles. The van der Waals surface area contributed by atoms with Crippen LogP contribution in [0.25, 0.3) is 0 Å². The molecule has 2 aromatic carbocycles. The number of likely N-dealkylation sites (tertiary alicyclic amines) is 1. The van der Waals surface area contributed by atoms with E-state index in [9.17, 15) is 14.4 Å². The molecule has 2 aliphatic heterocycles.